The zero-order valence-electron chi connectivity index (χ0n) is 11.6. The second-order valence-electron chi connectivity index (χ2n) is 4.35. The number of rotatable bonds is 5. The maximum Gasteiger partial charge on any atom is 0.197 e. The van der Waals surface area contributed by atoms with Crippen LogP contribution >= 0.6 is 11.8 Å². The standard InChI is InChI=1S/C13H18N6S/c1-3-16-6-9-4-8(2)12(17-7-9)20-13-18-10(14)5-11(15)19-13/h4-5,7,16H,3,6H2,1-2H3,(H4,14,15,18,19). The van der Waals surface area contributed by atoms with E-state index in [4.69, 9.17) is 11.5 Å². The Labute approximate surface area is 122 Å². The van der Waals surface area contributed by atoms with Crippen LogP contribution in [-0.2, 0) is 6.54 Å². The maximum absolute atomic E-state index is 5.66. The molecule has 0 aliphatic rings. The summed E-state index contributed by atoms with van der Waals surface area (Å²) in [5, 5.41) is 4.64. The normalized spacial score (nSPS) is 10.7. The highest BCUT2D eigenvalue weighted by atomic mass is 32.2. The fourth-order valence-electron chi connectivity index (χ4n) is 1.69. The van der Waals surface area contributed by atoms with Gasteiger partial charge in [-0.15, -0.1) is 0 Å². The van der Waals surface area contributed by atoms with Crippen molar-refractivity contribution < 1.29 is 0 Å². The lowest BCUT2D eigenvalue weighted by Gasteiger charge is -2.07. The van der Waals surface area contributed by atoms with Crippen molar-refractivity contribution in [2.75, 3.05) is 18.0 Å². The number of nitrogens with zero attached hydrogens (tertiary/aromatic N) is 3. The zero-order chi connectivity index (χ0) is 14.5. The number of nitrogen functional groups attached to an aromatic ring is 2. The monoisotopic (exact) mass is 290 g/mol. The second kappa shape index (κ2) is 6.53. The van der Waals surface area contributed by atoms with Crippen molar-refractivity contribution in [3.8, 4) is 0 Å². The lowest BCUT2D eigenvalue weighted by molar-refractivity contribution is 0.721. The van der Waals surface area contributed by atoms with E-state index in [-0.39, 0.29) is 0 Å². The summed E-state index contributed by atoms with van der Waals surface area (Å²) in [7, 11) is 0. The molecule has 5 N–H and O–H groups in total. The molecule has 0 spiro atoms. The Kier molecular flexibility index (Phi) is 4.75. The molecule has 0 amide bonds. The third-order valence-electron chi connectivity index (χ3n) is 2.60. The molecule has 0 unspecified atom stereocenters. The number of hydrogen-bond donors (Lipinski definition) is 3. The highest BCUT2D eigenvalue weighted by Crippen LogP contribution is 2.27. The van der Waals surface area contributed by atoms with Gasteiger partial charge in [-0.25, -0.2) is 15.0 Å². The summed E-state index contributed by atoms with van der Waals surface area (Å²) in [5.41, 5.74) is 13.5. The predicted octanol–water partition coefficient (Wildman–Crippen LogP) is 1.61. The number of pyridine rings is 1. The highest BCUT2D eigenvalue weighted by Gasteiger charge is 2.08. The third kappa shape index (κ3) is 3.82. The minimum atomic E-state index is 0.362. The number of aryl methyl sites for hydroxylation is 1. The Hall–Kier alpha value is -1.86. The lowest BCUT2D eigenvalue weighted by atomic mass is 10.2. The molecule has 0 aromatic carbocycles. The van der Waals surface area contributed by atoms with Crippen molar-refractivity contribution in [2.24, 2.45) is 0 Å². The molecule has 2 aromatic heterocycles. The zero-order valence-corrected chi connectivity index (χ0v) is 12.4. The van der Waals surface area contributed by atoms with E-state index in [1.54, 1.807) is 0 Å². The minimum absolute atomic E-state index is 0.362. The quantitative estimate of drug-likeness (QED) is 0.719. The van der Waals surface area contributed by atoms with E-state index in [0.717, 1.165) is 29.2 Å². The Morgan fingerprint density at radius 1 is 1.20 bits per heavy atom. The summed E-state index contributed by atoms with van der Waals surface area (Å²) < 4.78 is 0. The Morgan fingerprint density at radius 3 is 2.50 bits per heavy atom. The van der Waals surface area contributed by atoms with Gasteiger partial charge in [0.2, 0.25) is 0 Å². The Morgan fingerprint density at radius 2 is 1.90 bits per heavy atom. The fraction of sp³-hybridized carbons (Fsp3) is 0.308. The number of nitrogens with two attached hydrogens (primary N) is 2. The number of anilines is 2. The Balaban J connectivity index is 2.16. The number of aromatic nitrogens is 3. The maximum atomic E-state index is 5.66. The van der Waals surface area contributed by atoms with Crippen molar-refractivity contribution >= 4 is 23.4 Å². The molecule has 0 aliphatic carbocycles. The summed E-state index contributed by atoms with van der Waals surface area (Å²) in [6, 6.07) is 3.64. The number of hydrogen-bond acceptors (Lipinski definition) is 7. The molecule has 0 fully saturated rings. The van der Waals surface area contributed by atoms with E-state index in [0.29, 0.717) is 16.8 Å². The van der Waals surface area contributed by atoms with Crippen molar-refractivity contribution in [3.63, 3.8) is 0 Å². The van der Waals surface area contributed by atoms with Crippen LogP contribution in [0.4, 0.5) is 11.6 Å². The van der Waals surface area contributed by atoms with Crippen LogP contribution in [0.25, 0.3) is 0 Å². The van der Waals surface area contributed by atoms with Gasteiger partial charge >= 0.3 is 0 Å². The first kappa shape index (κ1) is 14.5. The molecule has 6 nitrogen and oxygen atoms in total. The van der Waals surface area contributed by atoms with Gasteiger partial charge in [0.05, 0.1) is 0 Å². The SMILES string of the molecule is CCNCc1cnc(Sc2nc(N)cc(N)n2)c(C)c1. The van der Waals surface area contributed by atoms with Gasteiger partial charge in [0.25, 0.3) is 0 Å². The van der Waals surface area contributed by atoms with Crippen LogP contribution in [0.2, 0.25) is 0 Å². The van der Waals surface area contributed by atoms with Gasteiger partial charge in [-0.3, -0.25) is 0 Å². The summed E-state index contributed by atoms with van der Waals surface area (Å²) in [6.07, 6.45) is 1.85. The van der Waals surface area contributed by atoms with Crippen molar-refractivity contribution in [1.82, 2.24) is 20.3 Å². The van der Waals surface area contributed by atoms with E-state index in [1.165, 1.54) is 17.8 Å². The van der Waals surface area contributed by atoms with Crippen LogP contribution in [0.1, 0.15) is 18.1 Å². The molecule has 2 aromatic rings. The van der Waals surface area contributed by atoms with Crippen LogP contribution in [-0.4, -0.2) is 21.5 Å². The molecule has 20 heavy (non-hydrogen) atoms. The van der Waals surface area contributed by atoms with Crippen LogP contribution in [0, 0.1) is 6.92 Å². The molecule has 2 rings (SSSR count). The molecule has 106 valence electrons. The third-order valence-corrected chi connectivity index (χ3v) is 3.59. The summed E-state index contributed by atoms with van der Waals surface area (Å²) in [4.78, 5) is 12.7. The molecule has 7 heteroatoms. The van der Waals surface area contributed by atoms with Crippen molar-refractivity contribution in [2.45, 2.75) is 30.6 Å². The molecule has 0 aliphatic heterocycles. The van der Waals surface area contributed by atoms with Gasteiger partial charge < -0.3 is 16.8 Å². The average molecular weight is 290 g/mol. The first-order valence-electron chi connectivity index (χ1n) is 6.32. The van der Waals surface area contributed by atoms with Gasteiger partial charge in [0.15, 0.2) is 5.16 Å². The van der Waals surface area contributed by atoms with Crippen molar-refractivity contribution in [1.29, 1.82) is 0 Å². The minimum Gasteiger partial charge on any atom is -0.383 e. The van der Waals surface area contributed by atoms with Gasteiger partial charge in [0.1, 0.15) is 16.7 Å². The van der Waals surface area contributed by atoms with Crippen LogP contribution in [0.3, 0.4) is 0 Å². The topological polar surface area (TPSA) is 103 Å². The van der Waals surface area contributed by atoms with E-state index >= 15 is 0 Å². The Bertz CT molecular complexity index is 581. The smallest absolute Gasteiger partial charge is 0.197 e. The van der Waals surface area contributed by atoms with Gasteiger partial charge in [-0.2, -0.15) is 0 Å². The van der Waals surface area contributed by atoms with Crippen LogP contribution in [0.15, 0.2) is 28.5 Å². The van der Waals surface area contributed by atoms with Crippen LogP contribution in [0.5, 0.6) is 0 Å². The first-order valence-corrected chi connectivity index (χ1v) is 7.14. The molecule has 0 saturated heterocycles. The summed E-state index contributed by atoms with van der Waals surface area (Å²) in [6.45, 7) is 5.84. The van der Waals surface area contributed by atoms with E-state index < -0.39 is 0 Å². The van der Waals surface area contributed by atoms with Gasteiger partial charge in [-0.1, -0.05) is 13.0 Å². The fourth-order valence-corrected chi connectivity index (χ4v) is 2.49. The van der Waals surface area contributed by atoms with E-state index in [2.05, 4.69) is 33.3 Å². The van der Waals surface area contributed by atoms with Crippen molar-refractivity contribution in [3.05, 3.63) is 29.5 Å². The predicted molar refractivity (Wildman–Crippen MR) is 81.3 cm³/mol. The molecular weight excluding hydrogens is 272 g/mol. The molecule has 0 bridgehead atoms. The van der Waals surface area contributed by atoms with Crippen LogP contribution < -0.4 is 16.8 Å². The molecular formula is C13H18N6S. The molecule has 2 heterocycles. The highest BCUT2D eigenvalue weighted by molar-refractivity contribution is 7.99. The largest absolute Gasteiger partial charge is 0.383 e. The molecule has 0 saturated carbocycles. The first-order chi connectivity index (χ1) is 9.58. The summed E-state index contributed by atoms with van der Waals surface area (Å²) in [5.74, 6) is 0.725. The van der Waals surface area contributed by atoms with Gasteiger partial charge in [-0.05, 0) is 36.4 Å². The molecule has 0 atom stereocenters. The molecule has 0 radical (unpaired) electrons. The number of nitrogens with one attached hydrogen (secondary N) is 1. The van der Waals surface area contributed by atoms with Gasteiger partial charge in [0, 0.05) is 18.8 Å². The lowest BCUT2D eigenvalue weighted by Crippen LogP contribution is -2.12. The van der Waals surface area contributed by atoms with E-state index in [9.17, 15) is 0 Å². The van der Waals surface area contributed by atoms with E-state index in [1.807, 2.05) is 13.1 Å². The summed E-state index contributed by atoms with van der Waals surface area (Å²) >= 11 is 1.36. The second-order valence-corrected chi connectivity index (χ2v) is 5.30. The average Bonchev–Trinajstić information content (AvgIpc) is 2.38.